The third-order valence-corrected chi connectivity index (χ3v) is 11.5. The maximum absolute atomic E-state index is 6.20. The lowest BCUT2D eigenvalue weighted by atomic mass is 9.99. The minimum atomic E-state index is 0.913. The Balaban J connectivity index is 1.00. The molecule has 0 N–H and O–H groups in total. The maximum Gasteiger partial charge on any atom is 0.136 e. The SMILES string of the molecule is c1ccc(-n2c3ccc(-c4ccc5c(c4)c4ccccc4n5-c4ccc(-c5cccc6oc7ccccc7c56)cc4)cc3c3cc4ccccc4cc32)cc1. The first-order chi connectivity index (χ1) is 27.3. The van der Waals surface area contributed by atoms with Crippen molar-refractivity contribution in [2.24, 2.45) is 0 Å². The lowest BCUT2D eigenvalue weighted by molar-refractivity contribution is 0.669. The molecule has 12 aromatic rings. The second-order valence-electron chi connectivity index (χ2n) is 14.5. The van der Waals surface area contributed by atoms with Crippen LogP contribution in [0.15, 0.2) is 199 Å². The molecule has 0 spiro atoms. The van der Waals surface area contributed by atoms with E-state index in [1.165, 1.54) is 82.3 Å². The molecule has 0 unspecified atom stereocenters. The van der Waals surface area contributed by atoms with Crippen LogP contribution in [-0.2, 0) is 0 Å². The second-order valence-corrected chi connectivity index (χ2v) is 14.5. The number of hydrogen-bond acceptors (Lipinski definition) is 1. The van der Waals surface area contributed by atoms with E-state index in [4.69, 9.17) is 4.42 Å². The largest absolute Gasteiger partial charge is 0.456 e. The summed E-state index contributed by atoms with van der Waals surface area (Å²) in [5.74, 6) is 0. The molecular weight excluding hydrogens is 669 g/mol. The summed E-state index contributed by atoms with van der Waals surface area (Å²) in [7, 11) is 0. The van der Waals surface area contributed by atoms with Crippen LogP contribution in [0.3, 0.4) is 0 Å². The Labute approximate surface area is 316 Å². The maximum atomic E-state index is 6.20. The molecule has 3 aromatic heterocycles. The molecule has 0 radical (unpaired) electrons. The fraction of sp³-hybridized carbons (Fsp3) is 0. The molecular formula is C52H32N2O. The molecule has 0 aliphatic heterocycles. The normalized spacial score (nSPS) is 12.0. The number of aromatic nitrogens is 2. The molecule has 0 bridgehead atoms. The summed E-state index contributed by atoms with van der Waals surface area (Å²) >= 11 is 0. The van der Waals surface area contributed by atoms with E-state index in [0.717, 1.165) is 27.6 Å². The van der Waals surface area contributed by atoms with Crippen LogP contribution in [0.4, 0.5) is 0 Å². The zero-order valence-corrected chi connectivity index (χ0v) is 29.8. The van der Waals surface area contributed by atoms with Crippen molar-refractivity contribution in [3.8, 4) is 33.6 Å². The van der Waals surface area contributed by atoms with Gasteiger partial charge in [0.25, 0.3) is 0 Å². The predicted octanol–water partition coefficient (Wildman–Crippen LogP) is 14.3. The molecule has 0 amide bonds. The quantitative estimate of drug-likeness (QED) is 0.179. The van der Waals surface area contributed by atoms with Crippen molar-refractivity contribution in [1.29, 1.82) is 0 Å². The summed E-state index contributed by atoms with van der Waals surface area (Å²) in [6, 6.07) is 70.3. The number of fused-ring (bicyclic) bond motifs is 10. The first-order valence-corrected chi connectivity index (χ1v) is 18.8. The molecule has 3 heterocycles. The molecule has 3 nitrogen and oxygen atoms in total. The highest BCUT2D eigenvalue weighted by Crippen LogP contribution is 2.41. The van der Waals surface area contributed by atoms with Gasteiger partial charge in [-0.05, 0) is 112 Å². The molecule has 0 atom stereocenters. The lowest BCUT2D eigenvalue weighted by Gasteiger charge is -2.11. The standard InChI is InChI=1S/C52H32N2O/c1-2-13-38(14-3-1)54-48-28-24-37(31-44(48)45-29-34-11-4-5-12-35(34)32-49(45)54)36-23-27-47-43(30-36)41-15-6-8-18-46(41)53(47)39-25-21-33(22-26-39)40-17-10-20-51-52(40)42-16-7-9-19-50(42)55-51/h1-32H. The van der Waals surface area contributed by atoms with Gasteiger partial charge >= 0.3 is 0 Å². The van der Waals surface area contributed by atoms with Gasteiger partial charge in [0.1, 0.15) is 11.2 Å². The van der Waals surface area contributed by atoms with Crippen molar-refractivity contribution < 1.29 is 4.42 Å². The van der Waals surface area contributed by atoms with Gasteiger partial charge in [-0.1, -0.05) is 115 Å². The Kier molecular flexibility index (Phi) is 6.34. The number of furan rings is 1. The zero-order chi connectivity index (χ0) is 36.0. The molecule has 55 heavy (non-hydrogen) atoms. The van der Waals surface area contributed by atoms with Gasteiger partial charge in [0, 0.05) is 43.7 Å². The van der Waals surface area contributed by atoms with E-state index in [9.17, 15) is 0 Å². The van der Waals surface area contributed by atoms with Crippen LogP contribution in [0.25, 0.3) is 110 Å². The number of hydrogen-bond donors (Lipinski definition) is 0. The molecule has 0 aliphatic carbocycles. The van der Waals surface area contributed by atoms with E-state index in [-0.39, 0.29) is 0 Å². The molecule has 12 rings (SSSR count). The van der Waals surface area contributed by atoms with Crippen LogP contribution in [0.1, 0.15) is 0 Å². The molecule has 0 aliphatic rings. The van der Waals surface area contributed by atoms with Gasteiger partial charge in [-0.25, -0.2) is 0 Å². The van der Waals surface area contributed by atoms with Gasteiger partial charge in [-0.15, -0.1) is 0 Å². The first kappa shape index (κ1) is 30.1. The van der Waals surface area contributed by atoms with E-state index in [1.807, 2.05) is 12.1 Å². The number of para-hydroxylation sites is 3. The summed E-state index contributed by atoms with van der Waals surface area (Å²) < 4.78 is 11.0. The topological polar surface area (TPSA) is 23.0 Å². The van der Waals surface area contributed by atoms with Crippen LogP contribution in [-0.4, -0.2) is 9.13 Å². The van der Waals surface area contributed by atoms with Crippen LogP contribution in [0, 0.1) is 0 Å². The first-order valence-electron chi connectivity index (χ1n) is 18.8. The molecule has 0 saturated carbocycles. The van der Waals surface area contributed by atoms with Crippen LogP contribution >= 0.6 is 0 Å². The zero-order valence-electron chi connectivity index (χ0n) is 29.8. The summed E-state index contributed by atoms with van der Waals surface area (Å²) in [6.45, 7) is 0. The minimum absolute atomic E-state index is 0.913. The van der Waals surface area contributed by atoms with E-state index in [1.54, 1.807) is 0 Å². The third-order valence-electron chi connectivity index (χ3n) is 11.5. The van der Waals surface area contributed by atoms with Gasteiger partial charge < -0.3 is 13.6 Å². The fourth-order valence-electron chi connectivity index (χ4n) is 8.98. The lowest BCUT2D eigenvalue weighted by Crippen LogP contribution is -1.94. The molecule has 0 fully saturated rings. The number of rotatable bonds is 4. The van der Waals surface area contributed by atoms with Gasteiger partial charge in [-0.2, -0.15) is 0 Å². The third kappa shape index (κ3) is 4.50. The fourth-order valence-corrected chi connectivity index (χ4v) is 8.98. The molecule has 0 saturated heterocycles. The number of benzene rings is 9. The van der Waals surface area contributed by atoms with Gasteiger partial charge in [0.05, 0.1) is 22.1 Å². The highest BCUT2D eigenvalue weighted by molar-refractivity contribution is 6.16. The summed E-state index contributed by atoms with van der Waals surface area (Å²) in [4.78, 5) is 0. The average molecular weight is 701 g/mol. The van der Waals surface area contributed by atoms with Gasteiger partial charge in [0.2, 0.25) is 0 Å². The second kappa shape index (κ2) is 11.6. The van der Waals surface area contributed by atoms with Crippen molar-refractivity contribution in [2.45, 2.75) is 0 Å². The Morgan fingerprint density at radius 1 is 0.309 bits per heavy atom. The van der Waals surface area contributed by atoms with Gasteiger partial charge in [-0.3, -0.25) is 0 Å². The summed E-state index contributed by atoms with van der Waals surface area (Å²) in [6.07, 6.45) is 0. The smallest absolute Gasteiger partial charge is 0.136 e. The van der Waals surface area contributed by atoms with Crippen molar-refractivity contribution >= 4 is 76.3 Å². The Morgan fingerprint density at radius 3 is 1.64 bits per heavy atom. The van der Waals surface area contributed by atoms with Crippen LogP contribution < -0.4 is 0 Å². The summed E-state index contributed by atoms with van der Waals surface area (Å²) in [5, 5.41) is 9.80. The van der Waals surface area contributed by atoms with E-state index < -0.39 is 0 Å². The Morgan fingerprint density at radius 2 is 0.855 bits per heavy atom. The predicted molar refractivity (Wildman–Crippen MR) is 231 cm³/mol. The monoisotopic (exact) mass is 700 g/mol. The number of nitrogens with zero attached hydrogens (tertiary/aromatic N) is 2. The van der Waals surface area contributed by atoms with Crippen molar-refractivity contribution in [3.63, 3.8) is 0 Å². The summed E-state index contributed by atoms with van der Waals surface area (Å²) in [5.41, 5.74) is 13.7. The van der Waals surface area contributed by atoms with E-state index in [2.05, 4.69) is 191 Å². The average Bonchev–Trinajstić information content (AvgIpc) is 3.90. The van der Waals surface area contributed by atoms with Crippen LogP contribution in [0.2, 0.25) is 0 Å². The molecule has 9 aromatic carbocycles. The molecule has 3 heteroatoms. The van der Waals surface area contributed by atoms with E-state index in [0.29, 0.717) is 0 Å². The van der Waals surface area contributed by atoms with Crippen molar-refractivity contribution in [3.05, 3.63) is 194 Å². The van der Waals surface area contributed by atoms with Crippen molar-refractivity contribution in [2.75, 3.05) is 0 Å². The molecule has 256 valence electrons. The Bertz CT molecular complexity index is 3470. The highest BCUT2D eigenvalue weighted by Gasteiger charge is 2.18. The van der Waals surface area contributed by atoms with Crippen molar-refractivity contribution in [1.82, 2.24) is 9.13 Å². The minimum Gasteiger partial charge on any atom is -0.456 e. The van der Waals surface area contributed by atoms with Gasteiger partial charge in [0.15, 0.2) is 0 Å². The van der Waals surface area contributed by atoms with Crippen LogP contribution in [0.5, 0.6) is 0 Å². The van der Waals surface area contributed by atoms with E-state index >= 15 is 0 Å². The Hall–Kier alpha value is -7.36. The highest BCUT2D eigenvalue weighted by atomic mass is 16.3.